The van der Waals surface area contributed by atoms with Gasteiger partial charge in [0.25, 0.3) is 5.91 Å². The summed E-state index contributed by atoms with van der Waals surface area (Å²) in [6, 6.07) is 3.93. The Morgan fingerprint density at radius 3 is 3.08 bits per heavy atom. The zero-order valence-corrected chi connectivity index (χ0v) is 14.7. The van der Waals surface area contributed by atoms with Crippen molar-refractivity contribution in [2.24, 2.45) is 0 Å². The van der Waals surface area contributed by atoms with Crippen LogP contribution in [0, 0.1) is 6.92 Å². The first-order valence-electron chi connectivity index (χ1n) is 8.62. The number of rotatable bonds is 2. The second-order valence-electron chi connectivity index (χ2n) is 6.63. The topological polar surface area (TPSA) is 58.1 Å². The number of hydrogen-bond donors (Lipinski definition) is 1. The Kier molecular flexibility index (Phi) is 4.33. The largest absolute Gasteiger partial charge is 0.333 e. The van der Waals surface area contributed by atoms with Crippen LogP contribution in [0.1, 0.15) is 50.4 Å². The van der Waals surface area contributed by atoms with Crippen molar-refractivity contribution in [3.8, 4) is 0 Å². The van der Waals surface area contributed by atoms with Crippen LogP contribution in [0.5, 0.6) is 0 Å². The maximum Gasteiger partial charge on any atom is 0.264 e. The van der Waals surface area contributed by atoms with Crippen molar-refractivity contribution in [3.63, 3.8) is 0 Å². The van der Waals surface area contributed by atoms with E-state index in [0.717, 1.165) is 54.4 Å². The third-order valence-corrected chi connectivity index (χ3v) is 5.84. The summed E-state index contributed by atoms with van der Waals surface area (Å²) in [7, 11) is 0. The second-order valence-corrected chi connectivity index (χ2v) is 7.92. The molecule has 5 nitrogen and oxygen atoms in total. The highest BCUT2D eigenvalue weighted by atomic mass is 32.1. The van der Waals surface area contributed by atoms with E-state index in [-0.39, 0.29) is 5.91 Å². The molecule has 2 aromatic heterocycles. The number of nitrogens with one attached hydrogen (secondary N) is 1. The molecule has 2 aliphatic heterocycles. The van der Waals surface area contributed by atoms with Crippen LogP contribution in [0.3, 0.4) is 0 Å². The van der Waals surface area contributed by atoms with Crippen molar-refractivity contribution in [1.29, 1.82) is 0 Å². The van der Waals surface area contributed by atoms with Crippen LogP contribution in [0.2, 0.25) is 0 Å². The van der Waals surface area contributed by atoms with Crippen LogP contribution in [-0.4, -0.2) is 40.4 Å². The average molecular weight is 342 g/mol. The van der Waals surface area contributed by atoms with Gasteiger partial charge in [0.1, 0.15) is 5.82 Å². The van der Waals surface area contributed by atoms with Gasteiger partial charge in [0.2, 0.25) is 0 Å². The molecule has 24 heavy (non-hydrogen) atoms. The smallest absolute Gasteiger partial charge is 0.264 e. The van der Waals surface area contributed by atoms with Gasteiger partial charge in [0.05, 0.1) is 10.6 Å². The van der Waals surface area contributed by atoms with E-state index in [1.165, 1.54) is 11.3 Å². The fourth-order valence-electron chi connectivity index (χ4n) is 3.48. The van der Waals surface area contributed by atoms with Gasteiger partial charge >= 0.3 is 0 Å². The van der Waals surface area contributed by atoms with Crippen molar-refractivity contribution >= 4 is 17.2 Å². The minimum absolute atomic E-state index is 0.124. The summed E-state index contributed by atoms with van der Waals surface area (Å²) < 4.78 is 0. The minimum atomic E-state index is 0.124. The Balaban J connectivity index is 1.50. The van der Waals surface area contributed by atoms with Crippen LogP contribution in [-0.2, 0) is 13.0 Å². The summed E-state index contributed by atoms with van der Waals surface area (Å²) in [4.78, 5) is 26.0. The van der Waals surface area contributed by atoms with Gasteiger partial charge in [-0.2, -0.15) is 0 Å². The fraction of sp³-hybridized carbons (Fsp3) is 0.500. The predicted octanol–water partition coefficient (Wildman–Crippen LogP) is 2.51. The zero-order chi connectivity index (χ0) is 16.5. The van der Waals surface area contributed by atoms with E-state index < -0.39 is 0 Å². The van der Waals surface area contributed by atoms with Crippen LogP contribution in [0.25, 0.3) is 0 Å². The SMILES string of the molecule is Cc1ccc(C(=O)N2CCc3nc(C4CCCNC4)ncc3C2)s1. The van der Waals surface area contributed by atoms with E-state index in [1.54, 1.807) is 11.3 Å². The first kappa shape index (κ1) is 15.7. The van der Waals surface area contributed by atoms with Crippen LogP contribution in [0.15, 0.2) is 18.3 Å². The molecule has 0 spiro atoms. The van der Waals surface area contributed by atoms with Crippen LogP contribution >= 0.6 is 11.3 Å². The molecule has 1 fully saturated rings. The third kappa shape index (κ3) is 3.08. The molecular weight excluding hydrogens is 320 g/mol. The lowest BCUT2D eigenvalue weighted by Gasteiger charge is -2.29. The highest BCUT2D eigenvalue weighted by molar-refractivity contribution is 7.13. The highest BCUT2D eigenvalue weighted by Gasteiger charge is 2.25. The van der Waals surface area contributed by atoms with Gasteiger partial charge in [-0.1, -0.05) is 0 Å². The molecule has 1 amide bonds. The molecule has 126 valence electrons. The molecule has 1 atom stereocenters. The Morgan fingerprint density at radius 1 is 1.42 bits per heavy atom. The number of amides is 1. The van der Waals surface area contributed by atoms with Crippen molar-refractivity contribution in [2.75, 3.05) is 19.6 Å². The van der Waals surface area contributed by atoms with E-state index >= 15 is 0 Å². The first-order chi connectivity index (χ1) is 11.7. The molecule has 0 bridgehead atoms. The Morgan fingerprint density at radius 2 is 2.33 bits per heavy atom. The van der Waals surface area contributed by atoms with Gasteiger partial charge in [-0.05, 0) is 38.4 Å². The van der Waals surface area contributed by atoms with Crippen molar-refractivity contribution in [2.45, 2.75) is 38.6 Å². The lowest BCUT2D eigenvalue weighted by atomic mass is 9.98. The van der Waals surface area contributed by atoms with Crippen molar-refractivity contribution in [1.82, 2.24) is 20.2 Å². The number of aryl methyl sites for hydroxylation is 1. The van der Waals surface area contributed by atoms with Gasteiger partial charge < -0.3 is 10.2 Å². The average Bonchev–Trinajstić information content (AvgIpc) is 3.07. The molecule has 2 aromatic rings. The maximum atomic E-state index is 12.6. The fourth-order valence-corrected chi connectivity index (χ4v) is 4.31. The van der Waals surface area contributed by atoms with Crippen molar-refractivity contribution < 1.29 is 4.79 Å². The second kappa shape index (κ2) is 6.61. The van der Waals surface area contributed by atoms with E-state index in [9.17, 15) is 4.79 Å². The molecule has 0 aromatic carbocycles. The number of fused-ring (bicyclic) bond motifs is 1. The lowest BCUT2D eigenvalue weighted by Crippen LogP contribution is -2.36. The standard InChI is InChI=1S/C18H22N4OS/c1-12-4-5-16(24-12)18(23)22-8-6-15-14(11-22)10-20-17(21-15)13-3-2-7-19-9-13/h4-5,10,13,19H,2-3,6-9,11H2,1H3. The highest BCUT2D eigenvalue weighted by Crippen LogP contribution is 2.25. The number of nitrogens with zero attached hydrogens (tertiary/aromatic N) is 3. The van der Waals surface area contributed by atoms with Gasteiger partial charge in [0.15, 0.2) is 0 Å². The maximum absolute atomic E-state index is 12.6. The molecule has 4 heterocycles. The third-order valence-electron chi connectivity index (χ3n) is 4.85. The van der Waals surface area contributed by atoms with Crippen LogP contribution < -0.4 is 5.32 Å². The molecule has 1 unspecified atom stereocenters. The summed E-state index contributed by atoms with van der Waals surface area (Å²) in [5.74, 6) is 1.52. The van der Waals surface area contributed by atoms with Gasteiger partial charge in [-0.3, -0.25) is 4.79 Å². The monoisotopic (exact) mass is 342 g/mol. The normalized spacial score (nSPS) is 20.7. The Hall–Kier alpha value is -1.79. The van der Waals surface area contributed by atoms with Gasteiger partial charge in [-0.25, -0.2) is 9.97 Å². The van der Waals surface area contributed by atoms with Gasteiger partial charge in [0, 0.05) is 48.6 Å². The number of aromatic nitrogens is 2. The Labute approximate surface area is 146 Å². The molecule has 0 aliphatic carbocycles. The lowest BCUT2D eigenvalue weighted by molar-refractivity contribution is 0.0738. The molecular formula is C18H22N4OS. The molecule has 1 N–H and O–H groups in total. The summed E-state index contributed by atoms with van der Waals surface area (Å²) in [6.07, 6.45) is 5.11. The Bertz CT molecular complexity index is 751. The predicted molar refractivity (Wildman–Crippen MR) is 94.4 cm³/mol. The molecule has 4 rings (SSSR count). The summed E-state index contributed by atoms with van der Waals surface area (Å²) in [5.41, 5.74) is 2.22. The molecule has 2 aliphatic rings. The first-order valence-corrected chi connectivity index (χ1v) is 9.43. The number of carbonyl (C=O) groups excluding carboxylic acids is 1. The van der Waals surface area contributed by atoms with Crippen LogP contribution in [0.4, 0.5) is 0 Å². The molecule has 0 radical (unpaired) electrons. The quantitative estimate of drug-likeness (QED) is 0.911. The molecule has 6 heteroatoms. The van der Waals surface area contributed by atoms with Gasteiger partial charge in [-0.15, -0.1) is 11.3 Å². The number of thiophene rings is 1. The van der Waals surface area contributed by atoms with E-state index in [1.807, 2.05) is 30.2 Å². The zero-order valence-electron chi connectivity index (χ0n) is 13.9. The summed E-state index contributed by atoms with van der Waals surface area (Å²) >= 11 is 1.56. The van der Waals surface area contributed by atoms with E-state index in [2.05, 4.69) is 10.3 Å². The number of carbonyl (C=O) groups is 1. The molecule has 1 saturated heterocycles. The molecule has 0 saturated carbocycles. The summed E-state index contributed by atoms with van der Waals surface area (Å²) in [5, 5.41) is 3.42. The van der Waals surface area contributed by atoms with E-state index in [4.69, 9.17) is 4.98 Å². The minimum Gasteiger partial charge on any atom is -0.333 e. The van der Waals surface area contributed by atoms with Crippen molar-refractivity contribution in [3.05, 3.63) is 45.2 Å². The number of piperidine rings is 1. The van der Waals surface area contributed by atoms with E-state index in [0.29, 0.717) is 12.5 Å². The summed E-state index contributed by atoms with van der Waals surface area (Å²) in [6.45, 7) is 5.46. The number of hydrogen-bond acceptors (Lipinski definition) is 5.